The van der Waals surface area contributed by atoms with Crippen LogP contribution in [0.15, 0.2) is 84.9 Å². The Kier molecular flexibility index (Phi) is 6.15. The molecule has 0 aliphatic carbocycles. The van der Waals surface area contributed by atoms with E-state index < -0.39 is 0 Å². The molecular weight excluding hydrogens is 436 g/mol. The molecule has 1 aromatic heterocycles. The fourth-order valence-electron chi connectivity index (χ4n) is 3.98. The number of halogens is 1. The van der Waals surface area contributed by atoms with Gasteiger partial charge in [-0.1, -0.05) is 60.1 Å². The summed E-state index contributed by atoms with van der Waals surface area (Å²) in [6, 6.07) is 27.3. The normalized spacial score (nSPS) is 14.4. The van der Waals surface area contributed by atoms with E-state index in [9.17, 15) is 4.79 Å². The van der Waals surface area contributed by atoms with Crippen molar-refractivity contribution in [3.8, 4) is 17.1 Å². The minimum absolute atomic E-state index is 0.155. The van der Waals surface area contributed by atoms with Crippen molar-refractivity contribution in [1.29, 1.82) is 0 Å². The molecule has 3 aromatic carbocycles. The number of tetrazole rings is 1. The third kappa shape index (κ3) is 4.65. The summed E-state index contributed by atoms with van der Waals surface area (Å²) in [4.78, 5) is 20.7. The minimum Gasteiger partial charge on any atom is -0.369 e. The van der Waals surface area contributed by atoms with Crippen molar-refractivity contribution in [1.82, 2.24) is 19.9 Å². The summed E-state index contributed by atoms with van der Waals surface area (Å²) < 4.78 is 0. The highest BCUT2D eigenvalue weighted by Gasteiger charge is 2.30. The third-order valence-corrected chi connectivity index (χ3v) is 6.05. The van der Waals surface area contributed by atoms with Crippen molar-refractivity contribution in [2.75, 3.05) is 37.6 Å². The highest BCUT2D eigenvalue weighted by atomic mass is 35.5. The predicted octanol–water partition coefficient (Wildman–Crippen LogP) is 3.34. The van der Waals surface area contributed by atoms with Crippen LogP contribution in [0.5, 0.6) is 0 Å². The van der Waals surface area contributed by atoms with Gasteiger partial charge in [0.15, 0.2) is 5.69 Å². The fraction of sp³-hybridized carbons (Fsp3) is 0.200. The second-order valence-electron chi connectivity index (χ2n) is 7.91. The van der Waals surface area contributed by atoms with Crippen LogP contribution in [0.3, 0.4) is 0 Å². The summed E-state index contributed by atoms with van der Waals surface area (Å²) in [5.74, 6) is 0.315. The summed E-state index contributed by atoms with van der Waals surface area (Å²) in [6.07, 6.45) is 0. The van der Waals surface area contributed by atoms with Crippen LogP contribution in [-0.4, -0.2) is 58.5 Å². The highest BCUT2D eigenvalue weighted by Crippen LogP contribution is 2.18. The van der Waals surface area contributed by atoms with E-state index in [-0.39, 0.29) is 12.5 Å². The number of benzene rings is 3. The van der Waals surface area contributed by atoms with Gasteiger partial charge in [-0.05, 0) is 46.3 Å². The first-order valence-corrected chi connectivity index (χ1v) is 11.3. The number of nitrogens with zero attached hydrogens (tertiary/aromatic N) is 6. The molecule has 4 aromatic rings. The first kappa shape index (κ1) is 21.3. The lowest BCUT2D eigenvalue weighted by atomic mass is 10.2. The standard InChI is InChI=1S/C25H24ClN6O/c26-22-13-7-8-14-23(22)31-27-25(20-9-3-1-4-10-20)28-32(31)24(33)19-29-15-17-30(18-16-29)21-11-5-2-6-12-21/h1-14H,15-19H2/q+1. The number of carbonyl (C=O) groups is 1. The van der Waals surface area contributed by atoms with Gasteiger partial charge in [0.1, 0.15) is 0 Å². The van der Waals surface area contributed by atoms with Gasteiger partial charge in [0, 0.05) is 31.9 Å². The highest BCUT2D eigenvalue weighted by molar-refractivity contribution is 6.32. The zero-order valence-corrected chi connectivity index (χ0v) is 18.8. The van der Waals surface area contributed by atoms with Gasteiger partial charge in [-0.2, -0.15) is 0 Å². The third-order valence-electron chi connectivity index (χ3n) is 5.73. The Morgan fingerprint density at radius 1 is 0.848 bits per heavy atom. The predicted molar refractivity (Wildman–Crippen MR) is 128 cm³/mol. The SMILES string of the molecule is O=C(CN1CCN(c2ccccc2)CC1)n1nc(-c2ccccc2)n[n+]1-c1ccccc1Cl. The summed E-state index contributed by atoms with van der Waals surface area (Å²) >= 11 is 6.43. The number of hydrogen-bond acceptors (Lipinski definition) is 5. The van der Waals surface area contributed by atoms with Crippen molar-refractivity contribution in [2.24, 2.45) is 0 Å². The lowest BCUT2D eigenvalue weighted by Crippen LogP contribution is -2.53. The Balaban J connectivity index is 1.37. The van der Waals surface area contributed by atoms with Crippen LogP contribution in [0.1, 0.15) is 4.79 Å². The lowest BCUT2D eigenvalue weighted by Gasteiger charge is -2.35. The number of para-hydroxylation sites is 2. The molecule has 0 radical (unpaired) electrons. The van der Waals surface area contributed by atoms with Gasteiger partial charge in [-0.15, -0.1) is 0 Å². The van der Waals surface area contributed by atoms with E-state index in [0.717, 1.165) is 31.7 Å². The van der Waals surface area contributed by atoms with E-state index >= 15 is 0 Å². The largest absolute Gasteiger partial charge is 0.369 e. The molecule has 2 heterocycles. The van der Waals surface area contributed by atoms with Crippen molar-refractivity contribution in [3.05, 3.63) is 90.0 Å². The summed E-state index contributed by atoms with van der Waals surface area (Å²) in [7, 11) is 0. The van der Waals surface area contributed by atoms with Crippen molar-refractivity contribution >= 4 is 23.2 Å². The Bertz CT molecular complexity index is 1240. The van der Waals surface area contributed by atoms with Crippen molar-refractivity contribution < 1.29 is 9.59 Å². The van der Waals surface area contributed by atoms with Crippen molar-refractivity contribution in [2.45, 2.75) is 0 Å². The van der Waals surface area contributed by atoms with E-state index in [4.69, 9.17) is 11.6 Å². The van der Waals surface area contributed by atoms with Crippen LogP contribution in [0, 0.1) is 0 Å². The molecule has 33 heavy (non-hydrogen) atoms. The topological polar surface area (TPSA) is 58.1 Å². The van der Waals surface area contributed by atoms with Crippen LogP contribution in [0.25, 0.3) is 17.1 Å². The van der Waals surface area contributed by atoms with Crippen LogP contribution >= 0.6 is 11.6 Å². The molecule has 7 nitrogen and oxygen atoms in total. The molecule has 5 rings (SSSR count). The quantitative estimate of drug-likeness (QED) is 0.428. The molecule has 1 aliphatic heterocycles. The second kappa shape index (κ2) is 9.52. The molecule has 166 valence electrons. The Morgan fingerprint density at radius 3 is 2.18 bits per heavy atom. The molecule has 8 heteroatoms. The van der Waals surface area contributed by atoms with Crippen LogP contribution < -0.4 is 9.70 Å². The average molecular weight is 460 g/mol. The molecule has 0 atom stereocenters. The minimum atomic E-state index is -0.155. The molecule has 0 unspecified atom stereocenters. The monoisotopic (exact) mass is 459 g/mol. The van der Waals surface area contributed by atoms with E-state index in [0.29, 0.717) is 16.5 Å². The van der Waals surface area contributed by atoms with Crippen LogP contribution in [0.2, 0.25) is 5.02 Å². The number of anilines is 1. The van der Waals surface area contributed by atoms with Gasteiger partial charge in [0.25, 0.3) is 0 Å². The summed E-state index contributed by atoms with van der Waals surface area (Å²) in [5.41, 5.74) is 2.65. The first-order valence-electron chi connectivity index (χ1n) is 10.9. The maximum atomic E-state index is 13.4. The van der Waals surface area contributed by atoms with E-state index in [2.05, 4.69) is 32.1 Å². The smallest absolute Gasteiger partial charge is 0.340 e. The number of rotatable bonds is 5. The summed E-state index contributed by atoms with van der Waals surface area (Å²) in [6.45, 7) is 3.59. The van der Waals surface area contributed by atoms with Crippen LogP contribution in [0.4, 0.5) is 5.69 Å². The second-order valence-corrected chi connectivity index (χ2v) is 8.32. The van der Waals surface area contributed by atoms with Crippen molar-refractivity contribution in [3.63, 3.8) is 0 Å². The van der Waals surface area contributed by atoms with E-state index in [1.165, 1.54) is 15.3 Å². The molecule has 1 aliphatic rings. The van der Waals surface area contributed by atoms with Gasteiger partial charge in [0.2, 0.25) is 0 Å². The average Bonchev–Trinajstić information content (AvgIpc) is 3.31. The van der Waals surface area contributed by atoms with Gasteiger partial charge < -0.3 is 4.90 Å². The molecule has 0 saturated carbocycles. The van der Waals surface area contributed by atoms with Crippen LogP contribution in [-0.2, 0) is 0 Å². The molecule has 1 saturated heterocycles. The lowest BCUT2D eigenvalue weighted by molar-refractivity contribution is -0.732. The van der Waals surface area contributed by atoms with E-state index in [1.54, 1.807) is 6.07 Å². The number of hydrogen-bond donors (Lipinski definition) is 0. The molecule has 1 fully saturated rings. The number of piperazine rings is 1. The van der Waals surface area contributed by atoms with Gasteiger partial charge in [0.05, 0.1) is 27.0 Å². The van der Waals surface area contributed by atoms with Gasteiger partial charge in [-0.3, -0.25) is 9.69 Å². The molecule has 0 amide bonds. The molecule has 0 N–H and O–H groups in total. The van der Waals surface area contributed by atoms with Gasteiger partial charge >= 0.3 is 11.7 Å². The fourth-order valence-corrected chi connectivity index (χ4v) is 4.19. The Labute approximate surface area is 197 Å². The van der Waals surface area contributed by atoms with E-state index in [1.807, 2.05) is 66.7 Å². The maximum absolute atomic E-state index is 13.4. The molecule has 0 spiro atoms. The zero-order chi connectivity index (χ0) is 22.6. The van der Waals surface area contributed by atoms with Gasteiger partial charge in [-0.25, -0.2) is 0 Å². The first-order chi connectivity index (χ1) is 16.2. The molecular formula is C25H24ClN6O+. The Hall–Kier alpha value is -3.55. The number of aromatic nitrogens is 4. The Morgan fingerprint density at radius 2 is 1.48 bits per heavy atom. The maximum Gasteiger partial charge on any atom is 0.340 e. The summed E-state index contributed by atoms with van der Waals surface area (Å²) in [5, 5.41) is 9.66. The zero-order valence-electron chi connectivity index (χ0n) is 18.1. The number of carbonyl (C=O) groups excluding carboxylic acids is 1. The molecule has 0 bridgehead atoms.